The van der Waals surface area contributed by atoms with Crippen LogP contribution >= 0.6 is 15.9 Å². The van der Waals surface area contributed by atoms with Crippen molar-refractivity contribution in [2.75, 3.05) is 11.5 Å². The molecule has 0 spiro atoms. The lowest BCUT2D eigenvalue weighted by atomic mass is 9.98. The Kier molecular flexibility index (Phi) is 3.63. The summed E-state index contributed by atoms with van der Waals surface area (Å²) in [5.41, 5.74) is 2.19. The lowest BCUT2D eigenvalue weighted by molar-refractivity contribution is 0.578. The quantitative estimate of drug-likeness (QED) is 0.799. The zero-order valence-corrected chi connectivity index (χ0v) is 12.5. The van der Waals surface area contributed by atoms with Crippen LogP contribution in [0.25, 0.3) is 0 Å². The van der Waals surface area contributed by atoms with Crippen LogP contribution in [0, 0.1) is 5.92 Å². The van der Waals surface area contributed by atoms with Gasteiger partial charge >= 0.3 is 0 Å². The number of sulfone groups is 1. The first-order valence-electron chi connectivity index (χ1n) is 5.80. The van der Waals surface area contributed by atoms with E-state index in [4.69, 9.17) is 0 Å². The standard InChI is InChI=1S/C11H17BrN2O2S/c1-3-10-9(6-14(2)13-10)11(12)8-4-5-17(15,16)7-8/h6,8,11H,3-5,7H2,1-2H3. The van der Waals surface area contributed by atoms with Crippen LogP contribution in [0.2, 0.25) is 0 Å². The number of aryl methyl sites for hydroxylation is 2. The summed E-state index contributed by atoms with van der Waals surface area (Å²) in [7, 11) is -0.922. The molecule has 0 bridgehead atoms. The Morgan fingerprint density at radius 3 is 2.88 bits per heavy atom. The van der Waals surface area contributed by atoms with Crippen LogP contribution in [0.4, 0.5) is 0 Å². The highest BCUT2D eigenvalue weighted by molar-refractivity contribution is 9.09. The van der Waals surface area contributed by atoms with E-state index in [-0.39, 0.29) is 10.7 Å². The van der Waals surface area contributed by atoms with Crippen molar-refractivity contribution in [1.29, 1.82) is 0 Å². The second-order valence-corrected chi connectivity index (χ2v) is 7.84. The third kappa shape index (κ3) is 2.73. The summed E-state index contributed by atoms with van der Waals surface area (Å²) in [6.45, 7) is 2.07. The van der Waals surface area contributed by atoms with Gasteiger partial charge in [0.15, 0.2) is 9.84 Å². The Morgan fingerprint density at radius 1 is 1.65 bits per heavy atom. The highest BCUT2D eigenvalue weighted by Crippen LogP contribution is 2.38. The SMILES string of the molecule is CCc1nn(C)cc1C(Br)C1CCS(=O)(=O)C1. The smallest absolute Gasteiger partial charge is 0.150 e. The van der Waals surface area contributed by atoms with Crippen LogP contribution < -0.4 is 0 Å². The highest BCUT2D eigenvalue weighted by Gasteiger charge is 2.34. The fourth-order valence-electron chi connectivity index (χ4n) is 2.37. The van der Waals surface area contributed by atoms with Gasteiger partial charge < -0.3 is 0 Å². The molecular formula is C11H17BrN2O2S. The molecule has 6 heteroatoms. The van der Waals surface area contributed by atoms with Gasteiger partial charge in [0.2, 0.25) is 0 Å². The fourth-order valence-corrected chi connectivity index (χ4v) is 5.29. The first kappa shape index (κ1) is 13.1. The van der Waals surface area contributed by atoms with E-state index in [1.54, 1.807) is 4.68 Å². The number of hydrogen-bond donors (Lipinski definition) is 0. The Labute approximate surface area is 110 Å². The van der Waals surface area contributed by atoms with E-state index >= 15 is 0 Å². The van der Waals surface area contributed by atoms with Crippen LogP contribution in [-0.4, -0.2) is 29.7 Å². The summed E-state index contributed by atoms with van der Waals surface area (Å²) in [6.07, 6.45) is 3.61. The van der Waals surface area contributed by atoms with Crippen molar-refractivity contribution >= 4 is 25.8 Å². The summed E-state index contributed by atoms with van der Waals surface area (Å²) in [5.74, 6) is 0.789. The van der Waals surface area contributed by atoms with E-state index in [0.717, 1.165) is 24.1 Å². The second-order valence-electron chi connectivity index (χ2n) is 4.62. The summed E-state index contributed by atoms with van der Waals surface area (Å²) < 4.78 is 24.8. The molecular weight excluding hydrogens is 304 g/mol. The molecule has 0 aromatic carbocycles. The minimum Gasteiger partial charge on any atom is -0.275 e. The van der Waals surface area contributed by atoms with E-state index in [1.165, 1.54) is 0 Å². The molecule has 96 valence electrons. The normalized spacial score (nSPS) is 25.0. The first-order chi connectivity index (χ1) is 7.93. The van der Waals surface area contributed by atoms with Crippen LogP contribution in [-0.2, 0) is 23.3 Å². The van der Waals surface area contributed by atoms with Gasteiger partial charge in [0.25, 0.3) is 0 Å². The number of hydrogen-bond acceptors (Lipinski definition) is 3. The fraction of sp³-hybridized carbons (Fsp3) is 0.727. The highest BCUT2D eigenvalue weighted by atomic mass is 79.9. The van der Waals surface area contributed by atoms with Crippen LogP contribution in [0.3, 0.4) is 0 Å². The van der Waals surface area contributed by atoms with Gasteiger partial charge in [-0.05, 0) is 18.8 Å². The molecule has 0 radical (unpaired) electrons. The van der Waals surface area contributed by atoms with Gasteiger partial charge in [-0.1, -0.05) is 22.9 Å². The van der Waals surface area contributed by atoms with Gasteiger partial charge in [-0.3, -0.25) is 4.68 Å². The van der Waals surface area contributed by atoms with E-state index in [2.05, 4.69) is 28.0 Å². The van der Waals surface area contributed by atoms with Crippen molar-refractivity contribution in [3.8, 4) is 0 Å². The Balaban J connectivity index is 2.22. The predicted molar refractivity (Wildman–Crippen MR) is 71.0 cm³/mol. The molecule has 1 aliphatic rings. The lowest BCUT2D eigenvalue weighted by Gasteiger charge is -2.15. The van der Waals surface area contributed by atoms with Crippen LogP contribution in [0.5, 0.6) is 0 Å². The molecule has 1 aromatic heterocycles. The van der Waals surface area contributed by atoms with Crippen molar-refractivity contribution in [3.05, 3.63) is 17.5 Å². The number of rotatable bonds is 3. The topological polar surface area (TPSA) is 52.0 Å². The third-order valence-electron chi connectivity index (χ3n) is 3.25. The maximum atomic E-state index is 11.5. The van der Waals surface area contributed by atoms with Crippen molar-refractivity contribution in [3.63, 3.8) is 0 Å². The summed E-state index contributed by atoms with van der Waals surface area (Å²) in [4.78, 5) is 0.100. The molecule has 17 heavy (non-hydrogen) atoms. The van der Waals surface area contributed by atoms with Gasteiger partial charge in [-0.2, -0.15) is 5.10 Å². The monoisotopic (exact) mass is 320 g/mol. The van der Waals surface area contributed by atoms with Crippen molar-refractivity contribution in [2.24, 2.45) is 13.0 Å². The average molecular weight is 321 g/mol. The van der Waals surface area contributed by atoms with Crippen molar-refractivity contribution in [2.45, 2.75) is 24.6 Å². The van der Waals surface area contributed by atoms with Crippen molar-refractivity contribution in [1.82, 2.24) is 9.78 Å². The maximum Gasteiger partial charge on any atom is 0.150 e. The van der Waals surface area contributed by atoms with E-state index < -0.39 is 9.84 Å². The second kappa shape index (κ2) is 4.72. The minimum atomic E-state index is -2.82. The molecule has 4 nitrogen and oxygen atoms in total. The zero-order chi connectivity index (χ0) is 12.6. The third-order valence-corrected chi connectivity index (χ3v) is 6.29. The average Bonchev–Trinajstić information content (AvgIpc) is 2.80. The largest absolute Gasteiger partial charge is 0.275 e. The van der Waals surface area contributed by atoms with Gasteiger partial charge in [0.1, 0.15) is 0 Å². The number of halogens is 1. The number of aromatic nitrogens is 2. The van der Waals surface area contributed by atoms with Gasteiger partial charge in [-0.15, -0.1) is 0 Å². The summed E-state index contributed by atoms with van der Waals surface area (Å²) in [5, 5.41) is 4.40. The van der Waals surface area contributed by atoms with Crippen LogP contribution in [0.15, 0.2) is 6.20 Å². The Morgan fingerprint density at radius 2 is 2.35 bits per heavy atom. The van der Waals surface area contributed by atoms with E-state index in [9.17, 15) is 8.42 Å². The Bertz CT molecular complexity index is 510. The first-order valence-corrected chi connectivity index (χ1v) is 8.53. The van der Waals surface area contributed by atoms with Crippen molar-refractivity contribution < 1.29 is 8.42 Å². The van der Waals surface area contributed by atoms with Gasteiger partial charge in [0.05, 0.1) is 17.2 Å². The molecule has 2 unspecified atom stereocenters. The van der Waals surface area contributed by atoms with Gasteiger partial charge in [0, 0.05) is 23.6 Å². The van der Waals surface area contributed by atoms with Gasteiger partial charge in [-0.25, -0.2) is 8.42 Å². The minimum absolute atomic E-state index is 0.100. The zero-order valence-electron chi connectivity index (χ0n) is 10.1. The number of alkyl halides is 1. The van der Waals surface area contributed by atoms with E-state index in [0.29, 0.717) is 11.5 Å². The Hall–Kier alpha value is -0.360. The maximum absolute atomic E-state index is 11.5. The molecule has 1 aliphatic heterocycles. The molecule has 0 amide bonds. The number of nitrogens with zero attached hydrogens (tertiary/aromatic N) is 2. The lowest BCUT2D eigenvalue weighted by Crippen LogP contribution is -2.10. The predicted octanol–water partition coefficient (Wildman–Crippen LogP) is 1.85. The molecule has 1 aromatic rings. The molecule has 2 atom stereocenters. The summed E-state index contributed by atoms with van der Waals surface area (Å²) in [6, 6.07) is 0. The molecule has 0 N–H and O–H groups in total. The molecule has 1 saturated heterocycles. The molecule has 2 rings (SSSR count). The van der Waals surface area contributed by atoms with E-state index in [1.807, 2.05) is 13.2 Å². The molecule has 1 fully saturated rings. The molecule has 0 saturated carbocycles. The summed E-state index contributed by atoms with van der Waals surface area (Å²) >= 11 is 3.65. The molecule has 2 heterocycles. The van der Waals surface area contributed by atoms with Crippen LogP contribution in [0.1, 0.15) is 29.4 Å². The molecule has 0 aliphatic carbocycles.